The number of aryl methyl sites for hydroxylation is 2. The van der Waals surface area contributed by atoms with Crippen molar-refractivity contribution in [2.45, 2.75) is 39.2 Å². The SMILES string of the molecule is Cc1cc(Nc2nc(Nc3cc(C)c(C4CCN(Cc5cccnc5)CC4)cc3F)ncc2Cl)n[nH]1. The molecule has 0 atom stereocenters. The summed E-state index contributed by atoms with van der Waals surface area (Å²) in [5.74, 6) is 1.20. The molecule has 8 nitrogen and oxygen atoms in total. The standard InChI is InChI=1S/C26H28ClFN8/c1-16-10-23(31-26-30-14-21(27)25(33-26)32-24-11-17(2)34-35-24)22(28)12-20(16)19-5-8-36(9-6-19)15-18-4-3-7-29-13-18/h3-4,7,10-14,19H,5-6,8-9,15H2,1-2H3,(H3,30,31,32,33,34,35). The van der Waals surface area contributed by atoms with Gasteiger partial charge in [0.1, 0.15) is 10.8 Å². The molecule has 5 rings (SSSR count). The number of anilines is 4. The zero-order valence-electron chi connectivity index (χ0n) is 20.2. The molecule has 36 heavy (non-hydrogen) atoms. The minimum absolute atomic E-state index is 0.240. The van der Waals surface area contributed by atoms with E-state index in [4.69, 9.17) is 11.6 Å². The van der Waals surface area contributed by atoms with Crippen molar-refractivity contribution < 1.29 is 4.39 Å². The van der Waals surface area contributed by atoms with Crippen LogP contribution in [0.15, 0.2) is 48.9 Å². The van der Waals surface area contributed by atoms with Gasteiger partial charge < -0.3 is 10.6 Å². The number of nitrogens with zero attached hydrogens (tertiary/aromatic N) is 5. The molecule has 1 aliphatic heterocycles. The first kappa shape index (κ1) is 24.1. The lowest BCUT2D eigenvalue weighted by Crippen LogP contribution is -2.32. The Morgan fingerprint density at radius 3 is 2.69 bits per heavy atom. The van der Waals surface area contributed by atoms with Crippen molar-refractivity contribution in [2.24, 2.45) is 0 Å². The van der Waals surface area contributed by atoms with E-state index in [1.165, 1.54) is 11.8 Å². The molecule has 10 heteroatoms. The van der Waals surface area contributed by atoms with E-state index in [-0.39, 0.29) is 11.8 Å². The Morgan fingerprint density at radius 1 is 1.14 bits per heavy atom. The third-order valence-corrected chi connectivity index (χ3v) is 6.73. The highest BCUT2D eigenvalue weighted by Gasteiger charge is 2.23. The predicted octanol–water partition coefficient (Wildman–Crippen LogP) is 5.87. The largest absolute Gasteiger partial charge is 0.322 e. The normalized spacial score (nSPS) is 14.7. The molecule has 4 heterocycles. The second kappa shape index (κ2) is 10.6. The van der Waals surface area contributed by atoms with Crippen LogP contribution in [0.2, 0.25) is 5.02 Å². The highest BCUT2D eigenvalue weighted by Crippen LogP contribution is 2.34. The molecule has 0 aliphatic carbocycles. The maximum atomic E-state index is 15.2. The average molecular weight is 507 g/mol. The number of benzene rings is 1. The molecule has 0 radical (unpaired) electrons. The van der Waals surface area contributed by atoms with Crippen molar-refractivity contribution in [3.8, 4) is 0 Å². The number of likely N-dealkylation sites (tertiary alicyclic amines) is 1. The molecule has 0 saturated carbocycles. The van der Waals surface area contributed by atoms with Crippen LogP contribution in [0, 0.1) is 19.7 Å². The minimum atomic E-state index is -0.329. The summed E-state index contributed by atoms with van der Waals surface area (Å²) < 4.78 is 15.2. The summed E-state index contributed by atoms with van der Waals surface area (Å²) in [6, 6.07) is 9.38. The number of halogens is 2. The van der Waals surface area contributed by atoms with Crippen LogP contribution in [0.25, 0.3) is 0 Å². The first-order valence-corrected chi connectivity index (χ1v) is 12.3. The van der Waals surface area contributed by atoms with Gasteiger partial charge in [0.25, 0.3) is 0 Å². The Hall–Kier alpha value is -3.56. The quantitative estimate of drug-likeness (QED) is 0.288. The number of H-pyrrole nitrogens is 1. The third kappa shape index (κ3) is 5.63. The van der Waals surface area contributed by atoms with E-state index in [1.807, 2.05) is 38.2 Å². The number of hydrogen-bond acceptors (Lipinski definition) is 7. The van der Waals surface area contributed by atoms with Crippen molar-refractivity contribution >= 4 is 34.9 Å². The van der Waals surface area contributed by atoms with Gasteiger partial charge in [-0.05, 0) is 80.6 Å². The van der Waals surface area contributed by atoms with Gasteiger partial charge in [-0.1, -0.05) is 17.7 Å². The molecule has 186 valence electrons. The highest BCUT2D eigenvalue weighted by molar-refractivity contribution is 6.32. The molecule has 3 N–H and O–H groups in total. The zero-order valence-corrected chi connectivity index (χ0v) is 21.0. The fraction of sp³-hybridized carbons (Fsp3) is 0.308. The van der Waals surface area contributed by atoms with Gasteiger partial charge >= 0.3 is 0 Å². The lowest BCUT2D eigenvalue weighted by atomic mass is 9.86. The number of hydrogen-bond donors (Lipinski definition) is 3. The van der Waals surface area contributed by atoms with Gasteiger partial charge in [0.05, 0.1) is 11.9 Å². The Morgan fingerprint density at radius 2 is 1.97 bits per heavy atom. The van der Waals surface area contributed by atoms with Crippen molar-refractivity contribution in [3.63, 3.8) is 0 Å². The van der Waals surface area contributed by atoms with Gasteiger partial charge in [-0.25, -0.2) is 9.37 Å². The molecule has 0 unspecified atom stereocenters. The van der Waals surface area contributed by atoms with Gasteiger partial charge in [-0.2, -0.15) is 10.1 Å². The smallest absolute Gasteiger partial charge is 0.229 e. The summed E-state index contributed by atoms with van der Waals surface area (Å²) in [7, 11) is 0. The highest BCUT2D eigenvalue weighted by atomic mass is 35.5. The lowest BCUT2D eigenvalue weighted by molar-refractivity contribution is 0.204. The molecular weight excluding hydrogens is 479 g/mol. The molecule has 1 aromatic carbocycles. The van der Waals surface area contributed by atoms with E-state index >= 15 is 4.39 Å². The summed E-state index contributed by atoms with van der Waals surface area (Å²) in [4.78, 5) is 15.2. The van der Waals surface area contributed by atoms with Gasteiger partial charge in [-0.15, -0.1) is 0 Å². The Bertz CT molecular complexity index is 1340. The molecular formula is C26H28ClFN8. The molecule has 0 amide bonds. The van der Waals surface area contributed by atoms with E-state index < -0.39 is 0 Å². The summed E-state index contributed by atoms with van der Waals surface area (Å²) in [6.07, 6.45) is 7.17. The molecule has 1 saturated heterocycles. The van der Waals surface area contributed by atoms with Crippen LogP contribution in [-0.4, -0.2) is 43.1 Å². The van der Waals surface area contributed by atoms with E-state index in [9.17, 15) is 0 Å². The summed E-state index contributed by atoms with van der Waals surface area (Å²) >= 11 is 6.24. The summed E-state index contributed by atoms with van der Waals surface area (Å²) in [6.45, 7) is 6.77. The number of piperidine rings is 1. The molecule has 1 aliphatic rings. The van der Waals surface area contributed by atoms with Crippen LogP contribution in [0.5, 0.6) is 0 Å². The fourth-order valence-corrected chi connectivity index (χ4v) is 4.76. The van der Waals surface area contributed by atoms with Crippen molar-refractivity contribution in [2.75, 3.05) is 23.7 Å². The number of nitrogens with one attached hydrogen (secondary N) is 3. The molecule has 1 fully saturated rings. The minimum Gasteiger partial charge on any atom is -0.322 e. The fourth-order valence-electron chi connectivity index (χ4n) is 4.62. The van der Waals surface area contributed by atoms with Crippen LogP contribution < -0.4 is 10.6 Å². The molecule has 0 spiro atoms. The predicted molar refractivity (Wildman–Crippen MR) is 140 cm³/mol. The second-order valence-electron chi connectivity index (χ2n) is 9.18. The maximum absolute atomic E-state index is 15.2. The number of aromatic amines is 1. The number of pyridine rings is 1. The van der Waals surface area contributed by atoms with Crippen LogP contribution >= 0.6 is 11.6 Å². The van der Waals surface area contributed by atoms with Crippen LogP contribution in [-0.2, 0) is 6.54 Å². The monoisotopic (exact) mass is 506 g/mol. The van der Waals surface area contributed by atoms with E-state index in [2.05, 4.69) is 46.7 Å². The molecule has 0 bridgehead atoms. The number of rotatable bonds is 7. The topological polar surface area (TPSA) is 94.7 Å². The van der Waals surface area contributed by atoms with E-state index in [0.717, 1.165) is 49.3 Å². The summed E-state index contributed by atoms with van der Waals surface area (Å²) in [5, 5.41) is 13.4. The van der Waals surface area contributed by atoms with E-state index in [1.54, 1.807) is 12.3 Å². The maximum Gasteiger partial charge on any atom is 0.229 e. The first-order chi connectivity index (χ1) is 17.4. The Kier molecular flexibility index (Phi) is 7.11. The Balaban J connectivity index is 1.25. The average Bonchev–Trinajstić information content (AvgIpc) is 3.29. The molecule has 3 aromatic heterocycles. The van der Waals surface area contributed by atoms with Crippen LogP contribution in [0.4, 0.5) is 27.7 Å². The zero-order chi connectivity index (χ0) is 25.1. The van der Waals surface area contributed by atoms with Crippen molar-refractivity contribution in [1.29, 1.82) is 0 Å². The van der Waals surface area contributed by atoms with E-state index in [0.29, 0.717) is 28.3 Å². The molecule has 4 aromatic rings. The van der Waals surface area contributed by atoms with Gasteiger partial charge in [0.2, 0.25) is 5.95 Å². The van der Waals surface area contributed by atoms with Crippen LogP contribution in [0.3, 0.4) is 0 Å². The van der Waals surface area contributed by atoms with Crippen molar-refractivity contribution in [1.82, 2.24) is 30.0 Å². The first-order valence-electron chi connectivity index (χ1n) is 11.9. The summed E-state index contributed by atoms with van der Waals surface area (Å²) in [5.41, 5.74) is 4.55. The van der Waals surface area contributed by atoms with Crippen molar-refractivity contribution in [3.05, 3.63) is 82.1 Å². The van der Waals surface area contributed by atoms with Gasteiger partial charge in [-0.3, -0.25) is 15.0 Å². The lowest BCUT2D eigenvalue weighted by Gasteiger charge is -2.33. The van der Waals surface area contributed by atoms with Gasteiger partial charge in [0, 0.05) is 30.7 Å². The second-order valence-corrected chi connectivity index (χ2v) is 9.58. The third-order valence-electron chi connectivity index (χ3n) is 6.46. The van der Waals surface area contributed by atoms with Gasteiger partial charge in [0.15, 0.2) is 11.6 Å². The van der Waals surface area contributed by atoms with Crippen LogP contribution in [0.1, 0.15) is 41.1 Å². The Labute approximate surface area is 214 Å². The number of aromatic nitrogens is 5.